The molecule has 0 saturated heterocycles. The van der Waals surface area contributed by atoms with E-state index in [1.165, 1.54) is 7.11 Å². The van der Waals surface area contributed by atoms with Crippen molar-refractivity contribution in [2.45, 2.75) is 20.0 Å². The molecule has 1 aliphatic rings. The van der Waals surface area contributed by atoms with E-state index in [1.807, 2.05) is 0 Å². The largest absolute Gasteiger partial charge is 0.497 e. The van der Waals surface area contributed by atoms with Crippen LogP contribution in [-0.4, -0.2) is 21.0 Å². The quantitative estimate of drug-likeness (QED) is 0.605. The van der Waals surface area contributed by atoms with Gasteiger partial charge >= 0.3 is 0 Å². The van der Waals surface area contributed by atoms with Crippen molar-refractivity contribution in [2.75, 3.05) is 7.11 Å². The molecule has 20 heavy (non-hydrogen) atoms. The van der Waals surface area contributed by atoms with E-state index in [0.29, 0.717) is 17.1 Å². The van der Waals surface area contributed by atoms with Crippen LogP contribution in [0.15, 0.2) is 18.2 Å². The van der Waals surface area contributed by atoms with Crippen LogP contribution in [-0.2, 0) is 4.74 Å². The number of halogens is 6. The van der Waals surface area contributed by atoms with Crippen molar-refractivity contribution in [2.24, 2.45) is 0 Å². The second-order valence-corrected chi connectivity index (χ2v) is 8.69. The molecule has 1 heterocycles. The fraction of sp³-hybridized carbons (Fsp3) is 0.455. The molecule has 1 aliphatic heterocycles. The minimum atomic E-state index is -1.83. The minimum Gasteiger partial charge on any atom is -0.497 e. The van der Waals surface area contributed by atoms with Crippen LogP contribution >= 0.6 is 69.6 Å². The second-order valence-electron chi connectivity index (χ2n) is 3.95. The highest BCUT2D eigenvalue weighted by Gasteiger charge is 2.48. The van der Waals surface area contributed by atoms with E-state index in [2.05, 4.69) is 0 Å². The molecule has 0 fully saturated rings. The number of alkyl halides is 6. The van der Waals surface area contributed by atoms with Crippen molar-refractivity contribution in [1.29, 1.82) is 0 Å². The molecule has 0 radical (unpaired) electrons. The fourth-order valence-electron chi connectivity index (χ4n) is 1.70. The SMILES string of the molecule is COc1ccc2c(c1)C(C(Cl)(Cl)Cl)OC(C(Cl)(Cl)Cl)O2. The average Bonchev–Trinajstić information content (AvgIpc) is 2.34. The van der Waals surface area contributed by atoms with E-state index in [4.69, 9.17) is 83.8 Å². The summed E-state index contributed by atoms with van der Waals surface area (Å²) >= 11 is 35.1. The third-order valence-corrected chi connectivity index (χ3v) is 3.69. The second kappa shape index (κ2) is 5.96. The zero-order chi connectivity index (χ0) is 15.1. The Hall–Kier alpha value is 0.520. The Morgan fingerprint density at radius 3 is 2.20 bits per heavy atom. The first-order valence-corrected chi connectivity index (χ1v) is 7.53. The molecular formula is C11H8Cl6O3. The van der Waals surface area contributed by atoms with E-state index >= 15 is 0 Å². The van der Waals surface area contributed by atoms with Gasteiger partial charge in [-0.3, -0.25) is 0 Å². The average molecular weight is 401 g/mol. The molecule has 0 aromatic heterocycles. The molecule has 2 atom stereocenters. The Morgan fingerprint density at radius 2 is 1.70 bits per heavy atom. The number of rotatable bonds is 1. The van der Waals surface area contributed by atoms with Crippen LogP contribution in [0.1, 0.15) is 11.7 Å². The highest BCUT2D eigenvalue weighted by atomic mass is 35.6. The lowest BCUT2D eigenvalue weighted by Gasteiger charge is -2.38. The van der Waals surface area contributed by atoms with Gasteiger partial charge in [-0.15, -0.1) is 0 Å². The molecule has 2 unspecified atom stereocenters. The van der Waals surface area contributed by atoms with E-state index in [0.717, 1.165) is 0 Å². The number of hydrogen-bond donors (Lipinski definition) is 0. The summed E-state index contributed by atoms with van der Waals surface area (Å²) in [5.74, 6) is 0.951. The Kier molecular flexibility index (Phi) is 5.03. The maximum absolute atomic E-state index is 5.93. The lowest BCUT2D eigenvalue weighted by molar-refractivity contribution is -0.136. The van der Waals surface area contributed by atoms with Crippen LogP contribution in [0.3, 0.4) is 0 Å². The molecule has 0 aliphatic carbocycles. The fourth-order valence-corrected chi connectivity index (χ4v) is 2.50. The standard InChI is InChI=1S/C11H8Cl6O3/c1-18-5-2-3-7-6(4-5)8(10(12,13)14)20-9(19-7)11(15,16)17/h2-4,8-9H,1H3. The van der Waals surface area contributed by atoms with Gasteiger partial charge < -0.3 is 14.2 Å². The maximum Gasteiger partial charge on any atom is 0.252 e. The highest BCUT2D eigenvalue weighted by Crippen LogP contribution is 2.51. The third kappa shape index (κ3) is 3.64. The monoisotopic (exact) mass is 398 g/mol. The van der Waals surface area contributed by atoms with Crippen molar-refractivity contribution < 1.29 is 14.2 Å². The summed E-state index contributed by atoms with van der Waals surface area (Å²) in [5, 5.41) is 0. The van der Waals surface area contributed by atoms with Gasteiger partial charge in [0.1, 0.15) is 17.6 Å². The molecule has 0 spiro atoms. The zero-order valence-electron chi connectivity index (χ0n) is 9.88. The summed E-state index contributed by atoms with van der Waals surface area (Å²) in [5.41, 5.74) is 0.495. The summed E-state index contributed by atoms with van der Waals surface area (Å²) in [7, 11) is 1.51. The Balaban J connectivity index is 2.47. The first-order valence-electron chi connectivity index (χ1n) is 5.26. The van der Waals surface area contributed by atoms with Crippen molar-refractivity contribution >= 4 is 69.6 Å². The van der Waals surface area contributed by atoms with Crippen LogP contribution in [0, 0.1) is 0 Å². The minimum absolute atomic E-state index is 0.393. The first kappa shape index (κ1) is 16.9. The summed E-state index contributed by atoms with van der Waals surface area (Å²) < 4.78 is 12.5. The molecule has 0 saturated carbocycles. The number of ether oxygens (including phenoxy) is 3. The van der Waals surface area contributed by atoms with Crippen molar-refractivity contribution in [3.8, 4) is 11.5 Å². The predicted octanol–water partition coefficient (Wildman–Crippen LogP) is 5.21. The molecule has 112 valence electrons. The number of fused-ring (bicyclic) bond motifs is 1. The molecule has 2 rings (SSSR count). The smallest absolute Gasteiger partial charge is 0.252 e. The maximum atomic E-state index is 5.93. The Bertz CT molecular complexity index is 496. The predicted molar refractivity (Wildman–Crippen MR) is 81.8 cm³/mol. The zero-order valence-corrected chi connectivity index (χ0v) is 14.4. The number of hydrogen-bond acceptors (Lipinski definition) is 3. The van der Waals surface area contributed by atoms with Gasteiger partial charge in [-0.2, -0.15) is 0 Å². The van der Waals surface area contributed by atoms with Crippen molar-refractivity contribution in [1.82, 2.24) is 0 Å². The summed E-state index contributed by atoms with van der Waals surface area (Å²) in [4.78, 5) is 0. The number of benzene rings is 1. The van der Waals surface area contributed by atoms with E-state index in [9.17, 15) is 0 Å². The first-order chi connectivity index (χ1) is 9.13. The summed E-state index contributed by atoms with van der Waals surface area (Å²) in [6.07, 6.45) is -2.17. The van der Waals surface area contributed by atoms with Gasteiger partial charge in [0.05, 0.1) is 7.11 Å². The van der Waals surface area contributed by atoms with Gasteiger partial charge in [0, 0.05) is 5.56 Å². The van der Waals surface area contributed by atoms with Crippen molar-refractivity contribution in [3.63, 3.8) is 0 Å². The van der Waals surface area contributed by atoms with E-state index in [-0.39, 0.29) is 0 Å². The lowest BCUT2D eigenvalue weighted by Crippen LogP contribution is -2.42. The van der Waals surface area contributed by atoms with E-state index < -0.39 is 20.0 Å². The van der Waals surface area contributed by atoms with Crippen LogP contribution < -0.4 is 9.47 Å². The van der Waals surface area contributed by atoms with Gasteiger partial charge in [-0.05, 0) is 18.2 Å². The van der Waals surface area contributed by atoms with E-state index in [1.54, 1.807) is 18.2 Å². The topological polar surface area (TPSA) is 27.7 Å². The molecule has 1 aromatic carbocycles. The summed E-state index contributed by atoms with van der Waals surface area (Å²) in [6.45, 7) is 0. The van der Waals surface area contributed by atoms with Gasteiger partial charge in [0.2, 0.25) is 10.1 Å². The molecule has 1 aromatic rings. The van der Waals surface area contributed by atoms with Gasteiger partial charge in [-0.1, -0.05) is 69.6 Å². The van der Waals surface area contributed by atoms with Crippen LogP contribution in [0.2, 0.25) is 0 Å². The molecule has 0 amide bonds. The van der Waals surface area contributed by atoms with Crippen LogP contribution in [0.5, 0.6) is 11.5 Å². The van der Waals surface area contributed by atoms with Gasteiger partial charge in [-0.25, -0.2) is 0 Å². The normalized spacial score (nSPS) is 22.9. The number of methoxy groups -OCH3 is 1. The molecule has 0 N–H and O–H groups in total. The Morgan fingerprint density at radius 1 is 1.05 bits per heavy atom. The highest BCUT2D eigenvalue weighted by molar-refractivity contribution is 6.68. The molecular weight excluding hydrogens is 393 g/mol. The lowest BCUT2D eigenvalue weighted by atomic mass is 10.1. The van der Waals surface area contributed by atoms with Crippen LogP contribution in [0.4, 0.5) is 0 Å². The molecule has 0 bridgehead atoms. The van der Waals surface area contributed by atoms with Crippen LogP contribution in [0.25, 0.3) is 0 Å². The van der Waals surface area contributed by atoms with Crippen molar-refractivity contribution in [3.05, 3.63) is 23.8 Å². The molecule has 9 heteroatoms. The Labute approximate surface area is 145 Å². The van der Waals surface area contributed by atoms with Gasteiger partial charge in [0.15, 0.2) is 0 Å². The molecule has 3 nitrogen and oxygen atoms in total. The van der Waals surface area contributed by atoms with Gasteiger partial charge in [0.25, 0.3) is 3.79 Å². The third-order valence-electron chi connectivity index (χ3n) is 2.56. The summed E-state index contributed by atoms with van der Waals surface area (Å²) in [6, 6.07) is 4.94.